The third-order valence-electron chi connectivity index (χ3n) is 9.64. The summed E-state index contributed by atoms with van der Waals surface area (Å²) >= 11 is 0. The van der Waals surface area contributed by atoms with Crippen LogP contribution in [0.4, 0.5) is 11.4 Å². The number of fused-ring (bicyclic) bond motifs is 5. The first-order chi connectivity index (χ1) is 20.2. The summed E-state index contributed by atoms with van der Waals surface area (Å²) in [6.07, 6.45) is 6.30. The Kier molecular flexibility index (Phi) is 7.17. The van der Waals surface area contributed by atoms with Crippen molar-refractivity contribution in [1.82, 2.24) is 9.47 Å². The highest BCUT2D eigenvalue weighted by Crippen LogP contribution is 2.47. The van der Waals surface area contributed by atoms with Crippen LogP contribution in [-0.2, 0) is 6.54 Å². The maximum absolute atomic E-state index is 12.0. The van der Waals surface area contributed by atoms with Crippen molar-refractivity contribution in [3.8, 4) is 11.3 Å². The molecule has 2 aliphatic heterocycles. The van der Waals surface area contributed by atoms with Crippen molar-refractivity contribution in [3.05, 3.63) is 83.9 Å². The summed E-state index contributed by atoms with van der Waals surface area (Å²) in [5.74, 6) is -0.330. The summed E-state index contributed by atoms with van der Waals surface area (Å²) in [5.41, 5.74) is 8.15. The zero-order chi connectivity index (χ0) is 27.8. The molecular formula is C35H40N4O2. The van der Waals surface area contributed by atoms with Crippen LogP contribution < -0.4 is 9.80 Å². The molecule has 0 spiro atoms. The van der Waals surface area contributed by atoms with Gasteiger partial charge < -0.3 is 19.5 Å². The first-order valence-corrected chi connectivity index (χ1v) is 15.4. The number of para-hydroxylation sites is 2. The number of rotatable bonds is 6. The second kappa shape index (κ2) is 11.2. The number of aromatic carboxylic acids is 1. The minimum atomic E-state index is -0.857. The minimum Gasteiger partial charge on any atom is -0.478 e. The van der Waals surface area contributed by atoms with E-state index < -0.39 is 5.97 Å². The molecule has 0 bridgehead atoms. The highest BCUT2D eigenvalue weighted by atomic mass is 16.4. The van der Waals surface area contributed by atoms with Gasteiger partial charge >= 0.3 is 5.97 Å². The van der Waals surface area contributed by atoms with Gasteiger partial charge in [-0.3, -0.25) is 4.90 Å². The fourth-order valence-electron chi connectivity index (χ4n) is 7.49. The van der Waals surface area contributed by atoms with E-state index in [9.17, 15) is 9.90 Å². The summed E-state index contributed by atoms with van der Waals surface area (Å²) in [7, 11) is 0. The zero-order valence-electron chi connectivity index (χ0n) is 23.8. The van der Waals surface area contributed by atoms with E-state index in [1.54, 1.807) is 6.07 Å². The van der Waals surface area contributed by atoms with Crippen molar-refractivity contribution in [2.45, 2.75) is 44.6 Å². The van der Waals surface area contributed by atoms with Crippen LogP contribution in [0.1, 0.15) is 53.9 Å². The van der Waals surface area contributed by atoms with E-state index >= 15 is 0 Å². The van der Waals surface area contributed by atoms with Gasteiger partial charge in [-0.2, -0.15) is 0 Å². The number of carbonyl (C=O) groups is 1. The highest BCUT2D eigenvalue weighted by molar-refractivity contribution is 5.99. The fourth-order valence-corrected chi connectivity index (χ4v) is 7.49. The fraction of sp³-hybridized carbons (Fsp3) is 0.400. The molecule has 3 aliphatic rings. The smallest absolute Gasteiger partial charge is 0.335 e. The normalized spacial score (nSPS) is 18.2. The number of piperazine rings is 1. The Labute approximate surface area is 242 Å². The molecule has 0 radical (unpaired) electrons. The molecule has 1 aliphatic carbocycles. The average Bonchev–Trinajstić information content (AvgIpc) is 3.26. The molecule has 6 heteroatoms. The second-order valence-corrected chi connectivity index (χ2v) is 12.0. The topological polar surface area (TPSA) is 52.0 Å². The van der Waals surface area contributed by atoms with E-state index in [1.807, 2.05) is 6.07 Å². The van der Waals surface area contributed by atoms with Gasteiger partial charge in [-0.05, 0) is 54.7 Å². The van der Waals surface area contributed by atoms with Crippen molar-refractivity contribution < 1.29 is 9.90 Å². The third kappa shape index (κ3) is 4.99. The van der Waals surface area contributed by atoms with Gasteiger partial charge in [0.15, 0.2) is 0 Å². The Morgan fingerprint density at radius 1 is 0.780 bits per heavy atom. The van der Waals surface area contributed by atoms with Crippen LogP contribution in [0.2, 0.25) is 0 Å². The highest BCUT2D eigenvalue weighted by Gasteiger charge is 2.30. The first-order valence-electron chi connectivity index (χ1n) is 15.4. The Hall–Kier alpha value is -3.77. The van der Waals surface area contributed by atoms with Crippen molar-refractivity contribution >= 4 is 28.2 Å². The second-order valence-electron chi connectivity index (χ2n) is 12.0. The number of carboxylic acid groups (broad SMARTS) is 1. The van der Waals surface area contributed by atoms with Gasteiger partial charge in [-0.15, -0.1) is 0 Å². The molecule has 3 heterocycles. The minimum absolute atomic E-state index is 0.372. The standard InChI is InChI=1S/C35H40N4O2/c40-35(41)27-15-16-29-32(25-27)39-24-23-38(22-19-36-17-20-37(21-18-36)28-11-5-2-6-12-28)31-14-8-7-13-30(31)34(39)33(29)26-9-3-1-4-10-26/h2,5-8,11-16,25-26H,1,3-4,9-10,17-24H2,(H,40,41). The maximum atomic E-state index is 12.0. The molecule has 0 atom stereocenters. The number of nitrogens with zero attached hydrogens (tertiary/aromatic N) is 4. The number of anilines is 2. The van der Waals surface area contributed by atoms with Crippen LogP contribution >= 0.6 is 0 Å². The molecule has 3 aromatic carbocycles. The molecule has 41 heavy (non-hydrogen) atoms. The SMILES string of the molecule is O=C(O)c1ccc2c(C3CCCCC3)c3n(c2c1)CCN(CCN1CCN(c2ccccc2)CC1)c1ccccc1-3. The molecule has 1 N–H and O–H groups in total. The van der Waals surface area contributed by atoms with E-state index in [2.05, 4.69) is 79.9 Å². The van der Waals surface area contributed by atoms with Crippen LogP contribution in [0.3, 0.4) is 0 Å². The predicted molar refractivity (Wildman–Crippen MR) is 167 cm³/mol. The van der Waals surface area contributed by atoms with Crippen molar-refractivity contribution in [2.24, 2.45) is 0 Å². The summed E-state index contributed by atoms with van der Waals surface area (Å²) in [5, 5.41) is 11.1. The van der Waals surface area contributed by atoms with Gasteiger partial charge in [0.1, 0.15) is 0 Å². The van der Waals surface area contributed by atoms with Gasteiger partial charge in [-0.1, -0.05) is 61.7 Å². The summed E-state index contributed by atoms with van der Waals surface area (Å²) in [6, 6.07) is 25.5. The lowest BCUT2D eigenvalue weighted by Crippen LogP contribution is -2.48. The molecule has 0 amide bonds. The van der Waals surface area contributed by atoms with Crippen molar-refractivity contribution in [3.63, 3.8) is 0 Å². The number of aromatic nitrogens is 1. The molecule has 6 nitrogen and oxygen atoms in total. The van der Waals surface area contributed by atoms with Crippen LogP contribution in [0.5, 0.6) is 0 Å². The lowest BCUT2D eigenvalue weighted by atomic mass is 9.81. The van der Waals surface area contributed by atoms with Gasteiger partial charge in [0.2, 0.25) is 0 Å². The summed E-state index contributed by atoms with van der Waals surface area (Å²) < 4.78 is 2.45. The predicted octanol–water partition coefficient (Wildman–Crippen LogP) is 6.70. The lowest BCUT2D eigenvalue weighted by molar-refractivity contribution is 0.0697. The van der Waals surface area contributed by atoms with Gasteiger partial charge in [0.25, 0.3) is 0 Å². The van der Waals surface area contributed by atoms with Crippen LogP contribution in [0.15, 0.2) is 72.8 Å². The van der Waals surface area contributed by atoms with E-state index in [-0.39, 0.29) is 0 Å². The van der Waals surface area contributed by atoms with Crippen molar-refractivity contribution in [2.75, 3.05) is 55.6 Å². The van der Waals surface area contributed by atoms with E-state index in [4.69, 9.17) is 0 Å². The molecule has 4 aromatic rings. The molecule has 7 rings (SSSR count). The molecule has 1 saturated heterocycles. The third-order valence-corrected chi connectivity index (χ3v) is 9.64. The van der Waals surface area contributed by atoms with Crippen LogP contribution in [0, 0.1) is 0 Å². The first kappa shape index (κ1) is 26.1. The van der Waals surface area contributed by atoms with E-state index in [0.29, 0.717) is 11.5 Å². The summed E-state index contributed by atoms with van der Waals surface area (Å²) in [6.45, 7) is 8.10. The summed E-state index contributed by atoms with van der Waals surface area (Å²) in [4.78, 5) is 19.6. The Balaban J connectivity index is 1.18. The molecular weight excluding hydrogens is 508 g/mol. The molecule has 0 unspecified atom stereocenters. The number of carboxylic acids is 1. The average molecular weight is 549 g/mol. The molecule has 212 valence electrons. The maximum Gasteiger partial charge on any atom is 0.335 e. The Morgan fingerprint density at radius 2 is 1.54 bits per heavy atom. The zero-order valence-corrected chi connectivity index (χ0v) is 23.8. The number of hydrogen-bond donors (Lipinski definition) is 1. The number of hydrogen-bond acceptors (Lipinski definition) is 4. The van der Waals surface area contributed by atoms with E-state index in [1.165, 1.54) is 65.7 Å². The van der Waals surface area contributed by atoms with Crippen molar-refractivity contribution in [1.29, 1.82) is 0 Å². The Morgan fingerprint density at radius 3 is 2.32 bits per heavy atom. The van der Waals surface area contributed by atoms with Crippen LogP contribution in [-0.4, -0.2) is 66.4 Å². The van der Waals surface area contributed by atoms with Gasteiger partial charge in [0.05, 0.1) is 11.3 Å². The number of benzene rings is 3. The monoisotopic (exact) mass is 548 g/mol. The largest absolute Gasteiger partial charge is 0.478 e. The Bertz CT molecular complexity index is 1530. The van der Waals surface area contributed by atoms with Gasteiger partial charge in [0, 0.05) is 80.2 Å². The quantitative estimate of drug-likeness (QED) is 0.291. The molecule has 2 fully saturated rings. The van der Waals surface area contributed by atoms with Gasteiger partial charge in [-0.25, -0.2) is 4.79 Å². The van der Waals surface area contributed by atoms with E-state index in [0.717, 1.165) is 57.9 Å². The molecule has 1 aromatic heterocycles. The lowest BCUT2D eigenvalue weighted by Gasteiger charge is -2.37. The van der Waals surface area contributed by atoms with Crippen LogP contribution in [0.25, 0.3) is 22.2 Å². The molecule has 1 saturated carbocycles.